The first-order valence-corrected chi connectivity index (χ1v) is 14.0. The molecular formula is C30H34N8O. The van der Waals surface area contributed by atoms with Crippen molar-refractivity contribution in [2.75, 3.05) is 32.0 Å². The van der Waals surface area contributed by atoms with Gasteiger partial charge in [-0.1, -0.05) is 30.3 Å². The molecular weight excluding hydrogens is 488 g/mol. The lowest BCUT2D eigenvalue weighted by Gasteiger charge is -2.38. The van der Waals surface area contributed by atoms with Crippen molar-refractivity contribution in [3.05, 3.63) is 66.1 Å². The van der Waals surface area contributed by atoms with Crippen LogP contribution >= 0.6 is 0 Å². The molecule has 1 aliphatic heterocycles. The van der Waals surface area contributed by atoms with Crippen LogP contribution in [-0.2, 0) is 11.3 Å². The fourth-order valence-electron chi connectivity index (χ4n) is 6.37. The van der Waals surface area contributed by atoms with Gasteiger partial charge in [0.1, 0.15) is 17.8 Å². The van der Waals surface area contributed by atoms with E-state index in [1.165, 1.54) is 11.1 Å². The van der Waals surface area contributed by atoms with Crippen LogP contribution in [0.1, 0.15) is 42.9 Å². The summed E-state index contributed by atoms with van der Waals surface area (Å²) >= 11 is 0. The number of nitrogens with zero attached hydrogens (tertiary/aromatic N) is 7. The second-order valence-corrected chi connectivity index (χ2v) is 10.9. The van der Waals surface area contributed by atoms with E-state index in [1.807, 2.05) is 6.20 Å². The van der Waals surface area contributed by atoms with Crippen LogP contribution in [0.4, 0.5) is 5.82 Å². The molecule has 2 aromatic carbocycles. The maximum atomic E-state index is 6.43. The lowest BCUT2D eigenvalue weighted by molar-refractivity contribution is 0.00520. The molecule has 9 heteroatoms. The second-order valence-electron chi connectivity index (χ2n) is 10.9. The molecule has 200 valence electrons. The number of nitrogen functional groups attached to an aromatic ring is 1. The Labute approximate surface area is 227 Å². The molecule has 9 nitrogen and oxygen atoms in total. The number of hydrogen-bond acceptors (Lipinski definition) is 7. The fraction of sp³-hybridized carbons (Fsp3) is 0.400. The molecule has 0 unspecified atom stereocenters. The molecule has 7 rings (SSSR count). The highest BCUT2D eigenvalue weighted by Crippen LogP contribution is 2.37. The summed E-state index contributed by atoms with van der Waals surface area (Å²) in [7, 11) is 0. The lowest BCUT2D eigenvalue weighted by atomic mass is 9.90. The summed E-state index contributed by atoms with van der Waals surface area (Å²) in [6.45, 7) is 6.65. The topological polar surface area (TPSA) is 99.9 Å². The number of nitrogens with two attached hydrogens (primary N) is 1. The standard InChI is InChI=1S/C30H34N8O/c1-20-4-2-3-5-22(20)18-37-26-11-6-21(16-23(26)17-34-37)28-27-29(31)32-19-33-30(27)38(35-28)25-9-7-24(8-10-25)36-12-14-39-15-13-36/h2-6,11,16-17,19,24-25H,7-10,12-15,18H2,1H3,(H2,31,32,33)/t24-,25-. The number of rotatable bonds is 5. The number of benzene rings is 2. The third-order valence-electron chi connectivity index (χ3n) is 8.59. The molecule has 39 heavy (non-hydrogen) atoms. The van der Waals surface area contributed by atoms with Gasteiger partial charge in [-0.15, -0.1) is 0 Å². The number of aromatic nitrogens is 6. The number of aryl methyl sites for hydroxylation is 1. The summed E-state index contributed by atoms with van der Waals surface area (Å²) in [6, 6.07) is 15.8. The second kappa shape index (κ2) is 10.1. The van der Waals surface area contributed by atoms with Gasteiger partial charge in [0.15, 0.2) is 5.65 Å². The summed E-state index contributed by atoms with van der Waals surface area (Å²) in [5.41, 5.74) is 12.7. The smallest absolute Gasteiger partial charge is 0.164 e. The first-order valence-electron chi connectivity index (χ1n) is 14.0. The fourth-order valence-corrected chi connectivity index (χ4v) is 6.37. The van der Waals surface area contributed by atoms with Crippen molar-refractivity contribution in [2.24, 2.45) is 0 Å². The van der Waals surface area contributed by atoms with Gasteiger partial charge in [0.2, 0.25) is 0 Å². The predicted octanol–water partition coefficient (Wildman–Crippen LogP) is 4.60. The lowest BCUT2D eigenvalue weighted by Crippen LogP contribution is -2.45. The van der Waals surface area contributed by atoms with E-state index in [0.717, 1.165) is 91.7 Å². The largest absolute Gasteiger partial charge is 0.383 e. The van der Waals surface area contributed by atoms with Crippen molar-refractivity contribution >= 4 is 27.8 Å². The Balaban J connectivity index is 1.20. The molecule has 0 amide bonds. The van der Waals surface area contributed by atoms with Crippen molar-refractivity contribution in [1.29, 1.82) is 0 Å². The van der Waals surface area contributed by atoms with E-state index in [1.54, 1.807) is 6.33 Å². The van der Waals surface area contributed by atoms with Gasteiger partial charge >= 0.3 is 0 Å². The summed E-state index contributed by atoms with van der Waals surface area (Å²) in [5, 5.41) is 11.8. The average molecular weight is 523 g/mol. The van der Waals surface area contributed by atoms with Crippen LogP contribution < -0.4 is 5.73 Å². The Morgan fingerprint density at radius 2 is 1.77 bits per heavy atom. The van der Waals surface area contributed by atoms with Crippen LogP contribution in [0.25, 0.3) is 33.2 Å². The third-order valence-corrected chi connectivity index (χ3v) is 8.59. The summed E-state index contributed by atoms with van der Waals surface area (Å²) in [4.78, 5) is 11.6. The normalized spacial score (nSPS) is 20.6. The maximum Gasteiger partial charge on any atom is 0.164 e. The van der Waals surface area contributed by atoms with Gasteiger partial charge in [0.25, 0.3) is 0 Å². The molecule has 1 aliphatic carbocycles. The van der Waals surface area contributed by atoms with Gasteiger partial charge in [-0.25, -0.2) is 14.6 Å². The molecule has 2 aliphatic rings. The maximum absolute atomic E-state index is 6.43. The zero-order valence-corrected chi connectivity index (χ0v) is 22.3. The third kappa shape index (κ3) is 4.45. The predicted molar refractivity (Wildman–Crippen MR) is 152 cm³/mol. The Morgan fingerprint density at radius 1 is 0.974 bits per heavy atom. The zero-order valence-electron chi connectivity index (χ0n) is 22.3. The van der Waals surface area contributed by atoms with Crippen LogP contribution in [0.5, 0.6) is 0 Å². The van der Waals surface area contributed by atoms with Crippen molar-refractivity contribution in [1.82, 2.24) is 34.4 Å². The highest BCUT2D eigenvalue weighted by atomic mass is 16.5. The minimum atomic E-state index is 0.299. The minimum Gasteiger partial charge on any atom is -0.383 e. The molecule has 1 saturated heterocycles. The average Bonchev–Trinajstić information content (AvgIpc) is 3.57. The van der Waals surface area contributed by atoms with Crippen molar-refractivity contribution in [3.8, 4) is 11.3 Å². The molecule has 2 fully saturated rings. The molecule has 1 saturated carbocycles. The van der Waals surface area contributed by atoms with E-state index in [2.05, 4.69) is 73.6 Å². The van der Waals surface area contributed by atoms with Crippen molar-refractivity contribution in [3.63, 3.8) is 0 Å². The number of hydrogen-bond donors (Lipinski definition) is 1. The van der Waals surface area contributed by atoms with E-state index in [4.69, 9.17) is 20.7 Å². The highest BCUT2D eigenvalue weighted by Gasteiger charge is 2.30. The molecule has 3 aromatic heterocycles. The molecule has 5 aromatic rings. The number of morpholine rings is 1. The van der Waals surface area contributed by atoms with Gasteiger partial charge in [0.05, 0.1) is 42.9 Å². The Kier molecular flexibility index (Phi) is 6.25. The summed E-state index contributed by atoms with van der Waals surface area (Å²) in [5.74, 6) is 0.471. The SMILES string of the molecule is Cc1ccccc1Cn1ncc2cc(-c3nn([C@H]4CC[C@H](N5CCOCC5)CC4)c4ncnc(N)c34)ccc21. The molecule has 0 spiro atoms. The van der Waals surface area contributed by atoms with Crippen LogP contribution in [0.15, 0.2) is 55.0 Å². The first kappa shape index (κ1) is 24.2. The quantitative estimate of drug-likeness (QED) is 0.360. The Bertz CT molecular complexity index is 1630. The summed E-state index contributed by atoms with van der Waals surface area (Å²) in [6.07, 6.45) is 7.96. The van der Waals surface area contributed by atoms with E-state index in [0.29, 0.717) is 17.9 Å². The van der Waals surface area contributed by atoms with Gasteiger partial charge in [-0.2, -0.15) is 10.2 Å². The van der Waals surface area contributed by atoms with Gasteiger partial charge in [0, 0.05) is 30.1 Å². The van der Waals surface area contributed by atoms with E-state index in [9.17, 15) is 0 Å². The van der Waals surface area contributed by atoms with Gasteiger partial charge in [-0.3, -0.25) is 9.58 Å². The zero-order chi connectivity index (χ0) is 26.3. The Morgan fingerprint density at radius 3 is 2.59 bits per heavy atom. The Hall–Kier alpha value is -3.82. The van der Waals surface area contributed by atoms with Crippen molar-refractivity contribution < 1.29 is 4.74 Å². The number of fused-ring (bicyclic) bond motifs is 2. The highest BCUT2D eigenvalue weighted by molar-refractivity contribution is 5.99. The van der Waals surface area contributed by atoms with Crippen LogP contribution in [0, 0.1) is 6.92 Å². The molecule has 0 bridgehead atoms. The van der Waals surface area contributed by atoms with Crippen LogP contribution in [0.3, 0.4) is 0 Å². The minimum absolute atomic E-state index is 0.299. The van der Waals surface area contributed by atoms with Gasteiger partial charge in [-0.05, 0) is 55.9 Å². The molecule has 2 N–H and O–H groups in total. The van der Waals surface area contributed by atoms with Crippen LogP contribution in [-0.4, -0.2) is 66.8 Å². The van der Waals surface area contributed by atoms with E-state index < -0.39 is 0 Å². The van der Waals surface area contributed by atoms with E-state index in [-0.39, 0.29) is 0 Å². The number of anilines is 1. The summed E-state index contributed by atoms with van der Waals surface area (Å²) < 4.78 is 9.73. The molecule has 4 heterocycles. The van der Waals surface area contributed by atoms with Crippen molar-refractivity contribution in [2.45, 2.75) is 51.2 Å². The first-order chi connectivity index (χ1) is 19.2. The van der Waals surface area contributed by atoms with E-state index >= 15 is 0 Å². The van der Waals surface area contributed by atoms with Gasteiger partial charge < -0.3 is 10.5 Å². The molecule has 0 atom stereocenters. The van der Waals surface area contributed by atoms with Crippen LogP contribution in [0.2, 0.25) is 0 Å². The number of ether oxygens (including phenoxy) is 1. The molecule has 0 radical (unpaired) electrons. The monoisotopic (exact) mass is 522 g/mol.